The molecule has 0 bridgehead atoms. The van der Waals surface area contributed by atoms with Gasteiger partial charge in [0.15, 0.2) is 0 Å². The summed E-state index contributed by atoms with van der Waals surface area (Å²) in [4.78, 5) is 22.6. The van der Waals surface area contributed by atoms with Gasteiger partial charge in [0, 0.05) is 29.8 Å². The van der Waals surface area contributed by atoms with Gasteiger partial charge in [-0.15, -0.1) is 0 Å². The van der Waals surface area contributed by atoms with Gasteiger partial charge in [-0.05, 0) is 22.0 Å². The molecule has 0 saturated heterocycles. The first-order chi connectivity index (χ1) is 7.13. The first kappa shape index (κ1) is 11.9. The smallest absolute Gasteiger partial charge is 0.251 e. The van der Waals surface area contributed by atoms with Crippen LogP contribution in [0.2, 0.25) is 0 Å². The molecule has 0 atom stereocenters. The zero-order valence-corrected chi connectivity index (χ0v) is 9.66. The number of nitrogens with zero attached hydrogens (tertiary/aromatic N) is 1. The minimum atomic E-state index is -0.222. The van der Waals surface area contributed by atoms with Gasteiger partial charge in [-0.3, -0.25) is 9.59 Å². The first-order valence-electron chi connectivity index (χ1n) is 4.46. The molecule has 0 aliphatic heterocycles. The highest BCUT2D eigenvalue weighted by molar-refractivity contribution is 9.10. The fourth-order valence-corrected chi connectivity index (χ4v) is 1.43. The van der Waals surface area contributed by atoms with Gasteiger partial charge in [-0.1, -0.05) is 0 Å². The van der Waals surface area contributed by atoms with E-state index in [0.29, 0.717) is 13.1 Å². The van der Waals surface area contributed by atoms with Crippen LogP contribution in [0.15, 0.2) is 27.6 Å². The highest BCUT2D eigenvalue weighted by Crippen LogP contribution is 2.04. The van der Waals surface area contributed by atoms with Crippen LogP contribution in [0.3, 0.4) is 0 Å². The average Bonchev–Trinajstić information content (AvgIpc) is 2.20. The molecule has 15 heavy (non-hydrogen) atoms. The number of pyridine rings is 1. The van der Waals surface area contributed by atoms with E-state index in [-0.39, 0.29) is 18.0 Å². The number of carbonyl (C=O) groups is 1. The van der Waals surface area contributed by atoms with Crippen LogP contribution in [-0.2, 0) is 11.3 Å². The third-order valence-electron chi connectivity index (χ3n) is 1.73. The van der Waals surface area contributed by atoms with Crippen molar-refractivity contribution in [3.63, 3.8) is 0 Å². The summed E-state index contributed by atoms with van der Waals surface area (Å²) in [5.41, 5.74) is 5.03. The number of rotatable bonds is 4. The van der Waals surface area contributed by atoms with E-state index in [1.165, 1.54) is 10.6 Å². The van der Waals surface area contributed by atoms with Crippen LogP contribution in [0.5, 0.6) is 0 Å². The normalized spacial score (nSPS) is 10.0. The summed E-state index contributed by atoms with van der Waals surface area (Å²) in [5, 5.41) is 2.59. The fourth-order valence-electron chi connectivity index (χ4n) is 1.05. The maximum atomic E-state index is 11.3. The lowest BCUT2D eigenvalue weighted by Gasteiger charge is -2.06. The molecule has 6 heteroatoms. The van der Waals surface area contributed by atoms with Crippen molar-refractivity contribution in [2.75, 3.05) is 13.1 Å². The van der Waals surface area contributed by atoms with E-state index in [2.05, 4.69) is 21.2 Å². The Hall–Kier alpha value is -1.14. The van der Waals surface area contributed by atoms with Crippen molar-refractivity contribution in [3.8, 4) is 0 Å². The van der Waals surface area contributed by atoms with Crippen molar-refractivity contribution in [2.24, 2.45) is 5.73 Å². The Labute approximate surface area is 95.4 Å². The number of halogens is 1. The van der Waals surface area contributed by atoms with E-state index in [9.17, 15) is 9.59 Å². The van der Waals surface area contributed by atoms with Crippen LogP contribution in [0.1, 0.15) is 0 Å². The molecule has 0 aromatic carbocycles. The minimum Gasteiger partial charge on any atom is -0.353 e. The van der Waals surface area contributed by atoms with Crippen LogP contribution in [-0.4, -0.2) is 23.6 Å². The third kappa shape index (κ3) is 3.85. The molecule has 0 unspecified atom stereocenters. The summed E-state index contributed by atoms with van der Waals surface area (Å²) in [6, 6.07) is 3.04. The predicted octanol–water partition coefficient (Wildman–Crippen LogP) is -0.314. The zero-order chi connectivity index (χ0) is 11.3. The van der Waals surface area contributed by atoms with E-state index in [1.54, 1.807) is 12.3 Å². The summed E-state index contributed by atoms with van der Waals surface area (Å²) in [6.07, 6.45) is 1.57. The number of amides is 1. The summed E-state index contributed by atoms with van der Waals surface area (Å²) < 4.78 is 2.09. The van der Waals surface area contributed by atoms with Crippen molar-refractivity contribution in [1.29, 1.82) is 0 Å². The third-order valence-corrected chi connectivity index (χ3v) is 2.20. The van der Waals surface area contributed by atoms with Gasteiger partial charge in [-0.25, -0.2) is 0 Å². The number of aromatic nitrogens is 1. The van der Waals surface area contributed by atoms with E-state index >= 15 is 0 Å². The van der Waals surface area contributed by atoms with Gasteiger partial charge in [0.25, 0.3) is 5.56 Å². The topological polar surface area (TPSA) is 77.1 Å². The molecule has 0 aliphatic rings. The molecular weight excluding hydrogens is 262 g/mol. The molecule has 0 spiro atoms. The Bertz CT molecular complexity index is 403. The number of nitrogens with two attached hydrogens (primary N) is 1. The van der Waals surface area contributed by atoms with Gasteiger partial charge < -0.3 is 15.6 Å². The lowest BCUT2D eigenvalue weighted by atomic mass is 10.4. The molecule has 5 nitrogen and oxygen atoms in total. The van der Waals surface area contributed by atoms with E-state index < -0.39 is 0 Å². The number of carbonyl (C=O) groups excluding carboxylic acids is 1. The standard InChI is InChI=1S/C9H12BrN3O2/c10-7-1-2-9(15)13(5-7)6-8(14)12-4-3-11/h1-2,5H,3-4,6,11H2,(H,12,14). The van der Waals surface area contributed by atoms with Gasteiger partial charge in [0.1, 0.15) is 6.54 Å². The summed E-state index contributed by atoms with van der Waals surface area (Å²) >= 11 is 3.23. The lowest BCUT2D eigenvalue weighted by molar-refractivity contribution is -0.121. The van der Waals surface area contributed by atoms with E-state index in [4.69, 9.17) is 5.73 Å². The average molecular weight is 274 g/mol. The van der Waals surface area contributed by atoms with E-state index in [1.807, 2.05) is 0 Å². The maximum absolute atomic E-state index is 11.3. The lowest BCUT2D eigenvalue weighted by Crippen LogP contribution is -2.34. The molecule has 1 heterocycles. The highest BCUT2D eigenvalue weighted by Gasteiger charge is 2.03. The molecule has 1 amide bonds. The fraction of sp³-hybridized carbons (Fsp3) is 0.333. The minimum absolute atomic E-state index is 0.0122. The molecule has 0 saturated carbocycles. The molecule has 1 rings (SSSR count). The molecule has 3 N–H and O–H groups in total. The van der Waals surface area contributed by atoms with Crippen molar-refractivity contribution in [3.05, 3.63) is 33.2 Å². The maximum Gasteiger partial charge on any atom is 0.251 e. The van der Waals surface area contributed by atoms with Crippen molar-refractivity contribution in [2.45, 2.75) is 6.54 Å². The van der Waals surface area contributed by atoms with Gasteiger partial charge in [0.2, 0.25) is 5.91 Å². The Balaban J connectivity index is 2.68. The van der Waals surface area contributed by atoms with Crippen LogP contribution >= 0.6 is 15.9 Å². The van der Waals surface area contributed by atoms with Gasteiger partial charge in [-0.2, -0.15) is 0 Å². The first-order valence-corrected chi connectivity index (χ1v) is 5.25. The van der Waals surface area contributed by atoms with Crippen LogP contribution in [0.4, 0.5) is 0 Å². The largest absolute Gasteiger partial charge is 0.353 e. The van der Waals surface area contributed by atoms with Crippen LogP contribution in [0.25, 0.3) is 0 Å². The van der Waals surface area contributed by atoms with Crippen LogP contribution < -0.4 is 16.6 Å². The Kier molecular flexibility index (Phi) is 4.51. The summed E-state index contributed by atoms with van der Waals surface area (Å²) in [6.45, 7) is 0.818. The van der Waals surface area contributed by atoms with Gasteiger partial charge >= 0.3 is 0 Å². The van der Waals surface area contributed by atoms with E-state index in [0.717, 1.165) is 4.47 Å². The number of hydrogen-bond acceptors (Lipinski definition) is 3. The second-order valence-corrected chi connectivity index (χ2v) is 3.87. The Morgan fingerprint density at radius 3 is 2.93 bits per heavy atom. The second-order valence-electron chi connectivity index (χ2n) is 2.95. The number of hydrogen-bond donors (Lipinski definition) is 2. The molecular formula is C9H12BrN3O2. The Morgan fingerprint density at radius 2 is 2.27 bits per heavy atom. The summed E-state index contributed by atoms with van der Waals surface area (Å²) in [7, 11) is 0. The molecule has 0 aliphatic carbocycles. The quantitative estimate of drug-likeness (QED) is 0.790. The SMILES string of the molecule is NCCNC(=O)Cn1cc(Br)ccc1=O. The molecule has 1 aromatic rings. The van der Waals surface area contributed by atoms with Crippen molar-refractivity contribution in [1.82, 2.24) is 9.88 Å². The van der Waals surface area contributed by atoms with Gasteiger partial charge in [0.05, 0.1) is 0 Å². The molecule has 0 radical (unpaired) electrons. The van der Waals surface area contributed by atoms with Crippen molar-refractivity contribution < 1.29 is 4.79 Å². The second kappa shape index (κ2) is 5.67. The molecule has 1 aromatic heterocycles. The predicted molar refractivity (Wildman–Crippen MR) is 60.5 cm³/mol. The molecule has 0 fully saturated rings. The zero-order valence-electron chi connectivity index (χ0n) is 8.07. The Morgan fingerprint density at radius 1 is 1.53 bits per heavy atom. The van der Waals surface area contributed by atoms with Crippen molar-refractivity contribution >= 4 is 21.8 Å². The van der Waals surface area contributed by atoms with Crippen LogP contribution in [0, 0.1) is 0 Å². The molecule has 82 valence electrons. The summed E-state index contributed by atoms with van der Waals surface area (Å²) in [5.74, 6) is -0.222. The highest BCUT2D eigenvalue weighted by atomic mass is 79.9. The number of nitrogens with one attached hydrogen (secondary N) is 1. The monoisotopic (exact) mass is 273 g/mol.